The summed E-state index contributed by atoms with van der Waals surface area (Å²) >= 11 is 17.9. The van der Waals surface area contributed by atoms with Crippen molar-refractivity contribution in [2.24, 2.45) is 0 Å². The maximum Gasteiger partial charge on any atom is 0.175 e. The number of nitrogens with one attached hydrogen (secondary N) is 2. The molecule has 33 heavy (non-hydrogen) atoms. The number of rotatable bonds is 6. The average Bonchev–Trinajstić information content (AvgIpc) is 3.31. The van der Waals surface area contributed by atoms with Gasteiger partial charge in [0.1, 0.15) is 5.82 Å². The normalized spacial score (nSPS) is 10.9. The highest BCUT2D eigenvalue weighted by Crippen LogP contribution is 2.24. The molecule has 10 heteroatoms. The van der Waals surface area contributed by atoms with E-state index in [0.29, 0.717) is 28.2 Å². The van der Waals surface area contributed by atoms with Gasteiger partial charge in [-0.05, 0) is 55.4 Å². The zero-order valence-electron chi connectivity index (χ0n) is 17.9. The third-order valence-electron chi connectivity index (χ3n) is 5.14. The summed E-state index contributed by atoms with van der Waals surface area (Å²) in [5, 5.41) is 16.8. The molecule has 0 unspecified atom stereocenters. The van der Waals surface area contributed by atoms with Crippen LogP contribution in [0.15, 0.2) is 54.9 Å². The summed E-state index contributed by atoms with van der Waals surface area (Å²) in [7, 11) is 0. The second-order valence-electron chi connectivity index (χ2n) is 7.54. The first-order chi connectivity index (χ1) is 15.8. The maximum atomic E-state index is 13.3. The molecule has 170 valence electrons. The van der Waals surface area contributed by atoms with E-state index in [1.54, 1.807) is 21.6 Å². The van der Waals surface area contributed by atoms with E-state index in [-0.39, 0.29) is 5.82 Å². The Bertz CT molecular complexity index is 1320. The summed E-state index contributed by atoms with van der Waals surface area (Å²) in [6.45, 7) is 4.80. The van der Waals surface area contributed by atoms with Crippen LogP contribution in [0.3, 0.4) is 0 Å². The van der Waals surface area contributed by atoms with Crippen LogP contribution in [0.25, 0.3) is 0 Å². The summed E-state index contributed by atoms with van der Waals surface area (Å²) in [5.74, 6) is -0.369. The predicted octanol–water partition coefficient (Wildman–Crippen LogP) is 6.05. The molecule has 0 amide bonds. The molecule has 2 heterocycles. The lowest BCUT2D eigenvalue weighted by molar-refractivity contribution is 0.622. The lowest BCUT2D eigenvalue weighted by atomic mass is 10.2. The monoisotopic (exact) mass is 502 g/mol. The number of aromatic nitrogens is 4. The first kappa shape index (κ1) is 23.2. The molecule has 0 aliphatic rings. The van der Waals surface area contributed by atoms with Crippen molar-refractivity contribution in [2.45, 2.75) is 26.9 Å². The van der Waals surface area contributed by atoms with Gasteiger partial charge in [-0.1, -0.05) is 47.5 Å². The molecule has 0 atom stereocenters. The van der Waals surface area contributed by atoms with Gasteiger partial charge in [-0.2, -0.15) is 10.2 Å². The highest BCUT2D eigenvalue weighted by Gasteiger charge is 2.15. The minimum Gasteiger partial charge on any atom is -0.330 e. The van der Waals surface area contributed by atoms with E-state index in [4.69, 9.17) is 35.4 Å². The molecule has 2 aromatic carbocycles. The van der Waals surface area contributed by atoms with Crippen LogP contribution in [-0.4, -0.2) is 24.7 Å². The Labute approximate surface area is 206 Å². The second-order valence-corrected chi connectivity index (χ2v) is 8.76. The van der Waals surface area contributed by atoms with Gasteiger partial charge in [0.15, 0.2) is 5.11 Å². The molecule has 0 radical (unpaired) electrons. The highest BCUT2D eigenvalue weighted by atomic mass is 35.5. The fraction of sp³-hybridized carbons (Fsp3) is 0.174. The van der Waals surface area contributed by atoms with E-state index in [0.717, 1.165) is 33.9 Å². The fourth-order valence-electron chi connectivity index (χ4n) is 3.43. The maximum absolute atomic E-state index is 13.3. The fourth-order valence-corrected chi connectivity index (χ4v) is 4.08. The number of anilines is 2. The number of thiocarbonyl (C=S) groups is 1. The third kappa shape index (κ3) is 5.52. The molecule has 0 saturated heterocycles. The Balaban J connectivity index is 1.42. The van der Waals surface area contributed by atoms with E-state index in [9.17, 15) is 4.39 Å². The number of halogens is 3. The van der Waals surface area contributed by atoms with Crippen molar-refractivity contribution in [2.75, 3.05) is 10.6 Å². The summed E-state index contributed by atoms with van der Waals surface area (Å²) in [6, 6.07) is 12.0. The Morgan fingerprint density at radius 3 is 2.55 bits per heavy atom. The zero-order valence-corrected chi connectivity index (χ0v) is 20.3. The van der Waals surface area contributed by atoms with Gasteiger partial charge in [0, 0.05) is 16.2 Å². The number of benzene rings is 2. The molecule has 0 aliphatic heterocycles. The van der Waals surface area contributed by atoms with E-state index in [1.807, 2.05) is 44.3 Å². The van der Waals surface area contributed by atoms with Crippen molar-refractivity contribution in [3.8, 4) is 0 Å². The van der Waals surface area contributed by atoms with Crippen LogP contribution in [-0.2, 0) is 13.1 Å². The lowest BCUT2D eigenvalue weighted by Gasteiger charge is -2.10. The minimum atomic E-state index is -0.369. The topological polar surface area (TPSA) is 59.7 Å². The lowest BCUT2D eigenvalue weighted by Crippen LogP contribution is -2.19. The first-order valence-electron chi connectivity index (χ1n) is 10.1. The first-order valence-corrected chi connectivity index (χ1v) is 11.3. The van der Waals surface area contributed by atoms with E-state index < -0.39 is 0 Å². The average molecular weight is 503 g/mol. The molecule has 2 aromatic heterocycles. The van der Waals surface area contributed by atoms with Crippen LogP contribution >= 0.6 is 35.4 Å². The number of hydrogen-bond acceptors (Lipinski definition) is 3. The SMILES string of the molecule is Cc1nn(Cc2ccc(F)cc2Cl)c(C)c1NC(=S)Nc1cnn(Cc2ccccc2Cl)c1. The van der Waals surface area contributed by atoms with Crippen LogP contribution in [0, 0.1) is 19.7 Å². The molecular weight excluding hydrogens is 482 g/mol. The van der Waals surface area contributed by atoms with Gasteiger partial charge in [0.2, 0.25) is 0 Å². The number of aryl methyl sites for hydroxylation is 1. The van der Waals surface area contributed by atoms with Crippen LogP contribution in [0.4, 0.5) is 15.8 Å². The van der Waals surface area contributed by atoms with Crippen molar-refractivity contribution < 1.29 is 4.39 Å². The van der Waals surface area contributed by atoms with Crippen molar-refractivity contribution in [1.29, 1.82) is 0 Å². The van der Waals surface area contributed by atoms with E-state index >= 15 is 0 Å². The van der Waals surface area contributed by atoms with Crippen LogP contribution in [0.5, 0.6) is 0 Å². The van der Waals surface area contributed by atoms with Crippen molar-refractivity contribution >= 4 is 51.9 Å². The van der Waals surface area contributed by atoms with Crippen LogP contribution < -0.4 is 10.6 Å². The van der Waals surface area contributed by atoms with Crippen LogP contribution in [0.1, 0.15) is 22.5 Å². The van der Waals surface area contributed by atoms with Crippen molar-refractivity contribution in [3.63, 3.8) is 0 Å². The summed E-state index contributed by atoms with van der Waals surface area (Å²) < 4.78 is 16.9. The van der Waals surface area contributed by atoms with Gasteiger partial charge < -0.3 is 10.6 Å². The molecule has 2 N–H and O–H groups in total. The standard InChI is InChI=1S/C23H21Cl2FN6S/c1-14-22(15(2)32(30-14)12-17-7-8-18(26)9-21(17)25)29-23(33)28-19-10-27-31(13-19)11-16-5-3-4-6-20(16)24/h3-10,13H,11-12H2,1-2H3,(H2,28,29,33). The van der Waals surface area contributed by atoms with E-state index in [2.05, 4.69) is 20.8 Å². The van der Waals surface area contributed by atoms with Gasteiger partial charge >= 0.3 is 0 Å². The highest BCUT2D eigenvalue weighted by molar-refractivity contribution is 7.80. The van der Waals surface area contributed by atoms with Gasteiger partial charge in [0.05, 0.1) is 42.0 Å². The van der Waals surface area contributed by atoms with Gasteiger partial charge in [0.25, 0.3) is 0 Å². The van der Waals surface area contributed by atoms with Gasteiger partial charge in [-0.3, -0.25) is 9.36 Å². The molecule has 4 rings (SSSR count). The number of nitrogens with zero attached hydrogens (tertiary/aromatic N) is 4. The second kappa shape index (κ2) is 9.91. The Hall–Kier alpha value is -2.94. The molecule has 0 bridgehead atoms. The molecule has 0 aliphatic carbocycles. The largest absolute Gasteiger partial charge is 0.330 e. The summed E-state index contributed by atoms with van der Waals surface area (Å²) in [6.07, 6.45) is 3.56. The van der Waals surface area contributed by atoms with E-state index in [1.165, 1.54) is 12.1 Å². The molecular formula is C23H21Cl2FN6S. The quantitative estimate of drug-likeness (QED) is 0.314. The zero-order chi connectivity index (χ0) is 23.5. The Morgan fingerprint density at radius 1 is 1.03 bits per heavy atom. The van der Waals surface area contributed by atoms with Gasteiger partial charge in [-0.25, -0.2) is 4.39 Å². The summed E-state index contributed by atoms with van der Waals surface area (Å²) in [4.78, 5) is 0. The van der Waals surface area contributed by atoms with Crippen molar-refractivity contribution in [1.82, 2.24) is 19.6 Å². The Morgan fingerprint density at radius 2 is 1.79 bits per heavy atom. The minimum absolute atomic E-state index is 0.364. The Kier molecular flexibility index (Phi) is 6.97. The van der Waals surface area contributed by atoms with Crippen LogP contribution in [0.2, 0.25) is 10.0 Å². The molecule has 4 aromatic rings. The molecule has 0 saturated carbocycles. The molecule has 0 spiro atoms. The van der Waals surface area contributed by atoms with Crippen molar-refractivity contribution in [3.05, 3.63) is 93.2 Å². The predicted molar refractivity (Wildman–Crippen MR) is 135 cm³/mol. The smallest absolute Gasteiger partial charge is 0.175 e. The molecule has 0 fully saturated rings. The summed E-state index contributed by atoms with van der Waals surface area (Å²) in [5.41, 5.74) is 4.97. The number of hydrogen-bond donors (Lipinski definition) is 2. The van der Waals surface area contributed by atoms with Gasteiger partial charge in [-0.15, -0.1) is 0 Å². The third-order valence-corrected chi connectivity index (χ3v) is 6.06. The molecule has 6 nitrogen and oxygen atoms in total.